The second kappa shape index (κ2) is 7.22. The van der Waals surface area contributed by atoms with Gasteiger partial charge in [0.2, 0.25) is 0 Å². The molecule has 0 aliphatic heterocycles. The Bertz CT molecular complexity index is 745. The van der Waals surface area contributed by atoms with Gasteiger partial charge in [-0.15, -0.1) is 0 Å². The summed E-state index contributed by atoms with van der Waals surface area (Å²) in [4.78, 5) is 13.6. The Morgan fingerprint density at radius 2 is 2.09 bits per heavy atom. The van der Waals surface area contributed by atoms with Crippen LogP contribution in [0.3, 0.4) is 0 Å². The molecule has 0 amide bonds. The number of unbranched alkanes of at least 4 members (excludes halogenated alkanes) is 1. The van der Waals surface area contributed by atoms with Crippen LogP contribution < -0.4 is 5.32 Å². The highest BCUT2D eigenvalue weighted by Gasteiger charge is 2.07. The molecule has 3 aromatic heterocycles. The van der Waals surface area contributed by atoms with E-state index in [2.05, 4.69) is 37.8 Å². The fourth-order valence-electron chi connectivity index (χ4n) is 2.58. The Hall–Kier alpha value is -2.43. The molecule has 0 saturated carbocycles. The third-order valence-corrected chi connectivity index (χ3v) is 3.87. The van der Waals surface area contributed by atoms with Crippen LogP contribution in [0.2, 0.25) is 0 Å². The Morgan fingerprint density at radius 3 is 2.91 bits per heavy atom. The molecule has 0 spiro atoms. The number of hydrogen-bond donors (Lipinski definition) is 1. The molecule has 0 bridgehead atoms. The fraction of sp³-hybridized carbons (Fsp3) is 0.389. The first-order valence-corrected chi connectivity index (χ1v) is 8.25. The summed E-state index contributed by atoms with van der Waals surface area (Å²) in [5.41, 5.74) is 3.24. The number of fused-ring (bicyclic) bond motifs is 1. The molecule has 3 aromatic rings. The number of nitrogens with zero attached hydrogens (tertiary/aromatic N) is 4. The molecule has 0 saturated heterocycles. The van der Waals surface area contributed by atoms with Gasteiger partial charge in [-0.1, -0.05) is 19.4 Å². The minimum atomic E-state index is 0.806. The first-order valence-electron chi connectivity index (χ1n) is 8.25. The van der Waals surface area contributed by atoms with Gasteiger partial charge in [0.05, 0.1) is 5.69 Å². The van der Waals surface area contributed by atoms with Gasteiger partial charge in [-0.2, -0.15) is 0 Å². The van der Waals surface area contributed by atoms with Crippen molar-refractivity contribution in [3.05, 3.63) is 53.9 Å². The second-order valence-electron chi connectivity index (χ2n) is 5.77. The summed E-state index contributed by atoms with van der Waals surface area (Å²) in [5.74, 6) is 1.77. The Balaban J connectivity index is 1.71. The maximum atomic E-state index is 4.65. The van der Waals surface area contributed by atoms with E-state index >= 15 is 0 Å². The average Bonchev–Trinajstić information content (AvgIpc) is 2.97. The monoisotopic (exact) mass is 309 g/mol. The molecule has 0 fully saturated rings. The summed E-state index contributed by atoms with van der Waals surface area (Å²) < 4.78 is 2.06. The van der Waals surface area contributed by atoms with Crippen LogP contribution in [0, 0.1) is 6.92 Å². The maximum absolute atomic E-state index is 4.65. The van der Waals surface area contributed by atoms with Crippen LogP contribution in [0.4, 0.5) is 5.82 Å². The SMILES string of the molecule is CCCCNc1nc(C)ncc1CCc1cn2ccccc2n1. The number of rotatable bonds is 7. The highest BCUT2D eigenvalue weighted by atomic mass is 15.0. The van der Waals surface area contributed by atoms with Gasteiger partial charge in [-0.05, 0) is 38.3 Å². The van der Waals surface area contributed by atoms with Gasteiger partial charge in [0.25, 0.3) is 0 Å². The van der Waals surface area contributed by atoms with Gasteiger partial charge >= 0.3 is 0 Å². The quantitative estimate of drug-likeness (QED) is 0.679. The Morgan fingerprint density at radius 1 is 1.17 bits per heavy atom. The number of hydrogen-bond acceptors (Lipinski definition) is 4. The lowest BCUT2D eigenvalue weighted by molar-refractivity contribution is 0.821. The summed E-state index contributed by atoms with van der Waals surface area (Å²) in [6, 6.07) is 6.05. The number of aryl methyl sites for hydroxylation is 3. The normalized spacial score (nSPS) is 11.0. The largest absolute Gasteiger partial charge is 0.370 e. The number of nitrogens with one attached hydrogen (secondary N) is 1. The van der Waals surface area contributed by atoms with Gasteiger partial charge in [0, 0.05) is 30.7 Å². The summed E-state index contributed by atoms with van der Waals surface area (Å²) in [5, 5.41) is 3.44. The summed E-state index contributed by atoms with van der Waals surface area (Å²) in [6.07, 6.45) is 10.2. The van der Waals surface area contributed by atoms with Crippen molar-refractivity contribution in [2.75, 3.05) is 11.9 Å². The molecule has 0 aliphatic rings. The third kappa shape index (κ3) is 3.86. The molecule has 0 unspecified atom stereocenters. The van der Waals surface area contributed by atoms with Gasteiger partial charge < -0.3 is 9.72 Å². The zero-order chi connectivity index (χ0) is 16.1. The first kappa shape index (κ1) is 15.5. The standard InChI is InChI=1S/C18H23N5/c1-3-4-10-19-18-15(12-20-14(2)21-18)8-9-16-13-23-11-6-5-7-17(23)22-16/h5-7,11-13H,3-4,8-10H2,1-2H3,(H,19,20,21). The minimum absolute atomic E-state index is 0.806. The van der Waals surface area contributed by atoms with Crippen molar-refractivity contribution >= 4 is 11.5 Å². The van der Waals surface area contributed by atoms with Crippen molar-refractivity contribution in [1.82, 2.24) is 19.4 Å². The molecule has 0 aliphatic carbocycles. The van der Waals surface area contributed by atoms with Crippen molar-refractivity contribution in [2.24, 2.45) is 0 Å². The molecule has 3 heterocycles. The number of imidazole rings is 1. The maximum Gasteiger partial charge on any atom is 0.136 e. The highest BCUT2D eigenvalue weighted by molar-refractivity contribution is 5.44. The smallest absolute Gasteiger partial charge is 0.136 e. The Kier molecular flexibility index (Phi) is 4.86. The second-order valence-corrected chi connectivity index (χ2v) is 5.77. The van der Waals surface area contributed by atoms with E-state index < -0.39 is 0 Å². The molecule has 5 nitrogen and oxygen atoms in total. The van der Waals surface area contributed by atoms with Gasteiger partial charge in [-0.3, -0.25) is 0 Å². The van der Waals surface area contributed by atoms with E-state index in [4.69, 9.17) is 0 Å². The molecule has 23 heavy (non-hydrogen) atoms. The molecular weight excluding hydrogens is 286 g/mol. The van der Waals surface area contributed by atoms with Crippen molar-refractivity contribution in [2.45, 2.75) is 39.5 Å². The van der Waals surface area contributed by atoms with Gasteiger partial charge in [-0.25, -0.2) is 15.0 Å². The molecule has 0 aromatic carbocycles. The zero-order valence-corrected chi connectivity index (χ0v) is 13.8. The third-order valence-electron chi connectivity index (χ3n) is 3.87. The molecule has 1 N–H and O–H groups in total. The van der Waals surface area contributed by atoms with Gasteiger partial charge in [0.1, 0.15) is 17.3 Å². The molecular formula is C18H23N5. The number of anilines is 1. The van der Waals surface area contributed by atoms with Crippen LogP contribution in [0.15, 0.2) is 36.8 Å². The van der Waals surface area contributed by atoms with E-state index in [1.54, 1.807) is 0 Å². The van der Waals surface area contributed by atoms with E-state index in [1.807, 2.05) is 37.5 Å². The van der Waals surface area contributed by atoms with E-state index in [0.29, 0.717) is 0 Å². The van der Waals surface area contributed by atoms with E-state index in [1.165, 1.54) is 6.42 Å². The number of aromatic nitrogens is 4. The fourth-order valence-corrected chi connectivity index (χ4v) is 2.58. The van der Waals surface area contributed by atoms with Crippen molar-refractivity contribution in [3.8, 4) is 0 Å². The van der Waals surface area contributed by atoms with Crippen molar-refractivity contribution < 1.29 is 0 Å². The average molecular weight is 309 g/mol. The van der Waals surface area contributed by atoms with Crippen LogP contribution >= 0.6 is 0 Å². The van der Waals surface area contributed by atoms with E-state index in [0.717, 1.165) is 54.4 Å². The number of pyridine rings is 1. The van der Waals surface area contributed by atoms with Crippen molar-refractivity contribution in [1.29, 1.82) is 0 Å². The van der Waals surface area contributed by atoms with Crippen molar-refractivity contribution in [3.63, 3.8) is 0 Å². The molecule has 120 valence electrons. The highest BCUT2D eigenvalue weighted by Crippen LogP contribution is 2.15. The Labute approximate surface area is 136 Å². The first-order chi connectivity index (χ1) is 11.3. The predicted molar refractivity (Wildman–Crippen MR) is 92.8 cm³/mol. The lowest BCUT2D eigenvalue weighted by Crippen LogP contribution is -2.08. The van der Waals surface area contributed by atoms with Crippen LogP contribution in [-0.2, 0) is 12.8 Å². The van der Waals surface area contributed by atoms with Crippen LogP contribution in [-0.4, -0.2) is 25.9 Å². The van der Waals surface area contributed by atoms with E-state index in [9.17, 15) is 0 Å². The van der Waals surface area contributed by atoms with E-state index in [-0.39, 0.29) is 0 Å². The van der Waals surface area contributed by atoms with Gasteiger partial charge in [0.15, 0.2) is 0 Å². The van der Waals surface area contributed by atoms with Crippen LogP contribution in [0.25, 0.3) is 5.65 Å². The molecule has 0 atom stereocenters. The van der Waals surface area contributed by atoms with Crippen LogP contribution in [0.5, 0.6) is 0 Å². The lowest BCUT2D eigenvalue weighted by Gasteiger charge is -2.10. The topological polar surface area (TPSA) is 55.1 Å². The lowest BCUT2D eigenvalue weighted by atomic mass is 10.1. The molecule has 5 heteroatoms. The summed E-state index contributed by atoms with van der Waals surface area (Å²) in [6.45, 7) is 5.07. The molecule has 0 radical (unpaired) electrons. The predicted octanol–water partition coefficient (Wildman–Crippen LogP) is 3.43. The summed E-state index contributed by atoms with van der Waals surface area (Å²) >= 11 is 0. The minimum Gasteiger partial charge on any atom is -0.370 e. The molecule has 3 rings (SSSR count). The summed E-state index contributed by atoms with van der Waals surface area (Å²) in [7, 11) is 0. The van der Waals surface area contributed by atoms with Crippen LogP contribution in [0.1, 0.15) is 36.8 Å². The zero-order valence-electron chi connectivity index (χ0n) is 13.8.